The van der Waals surface area contributed by atoms with Gasteiger partial charge in [0.05, 0.1) is 43.5 Å². The van der Waals surface area contributed by atoms with Gasteiger partial charge in [0, 0.05) is 30.3 Å². The fourth-order valence-corrected chi connectivity index (χ4v) is 4.21. The number of methoxy groups -OCH3 is 1. The number of amides is 1. The minimum Gasteiger partial charge on any atom is -0.508 e. The molecule has 3 heterocycles. The number of aromatic nitrogens is 4. The van der Waals surface area contributed by atoms with Gasteiger partial charge in [0.1, 0.15) is 28.6 Å². The van der Waals surface area contributed by atoms with Crippen LogP contribution in [0.15, 0.2) is 48.7 Å². The first-order chi connectivity index (χ1) is 16.9. The van der Waals surface area contributed by atoms with Crippen LogP contribution in [0.2, 0.25) is 0 Å². The van der Waals surface area contributed by atoms with E-state index in [4.69, 9.17) is 4.74 Å². The second kappa shape index (κ2) is 9.05. The van der Waals surface area contributed by atoms with Crippen molar-refractivity contribution >= 4 is 17.4 Å². The van der Waals surface area contributed by atoms with E-state index in [1.165, 1.54) is 12.1 Å². The Morgan fingerprint density at radius 2 is 1.97 bits per heavy atom. The zero-order chi connectivity index (χ0) is 24.5. The monoisotopic (exact) mass is 474 g/mol. The molecule has 4 aromatic rings. The number of carbonyl (C=O) groups excluding carboxylic acids is 1. The third-order valence-electron chi connectivity index (χ3n) is 6.07. The van der Waals surface area contributed by atoms with Crippen molar-refractivity contribution in [1.29, 1.82) is 0 Å². The van der Waals surface area contributed by atoms with Crippen LogP contribution in [0.3, 0.4) is 0 Å². The Morgan fingerprint density at radius 3 is 2.69 bits per heavy atom. The van der Waals surface area contributed by atoms with E-state index in [1.54, 1.807) is 22.9 Å². The van der Waals surface area contributed by atoms with Gasteiger partial charge in [-0.15, -0.1) is 0 Å². The zero-order valence-electron chi connectivity index (χ0n) is 19.4. The van der Waals surface area contributed by atoms with Crippen molar-refractivity contribution in [1.82, 2.24) is 24.9 Å². The van der Waals surface area contributed by atoms with Crippen LogP contribution < -0.4 is 10.1 Å². The molecule has 10 nitrogen and oxygen atoms in total. The highest BCUT2D eigenvalue weighted by molar-refractivity contribution is 6.03. The Balaban J connectivity index is 1.46. The van der Waals surface area contributed by atoms with E-state index < -0.39 is 0 Å². The normalized spacial score (nSPS) is 12.6. The molecule has 4 N–H and O–H groups in total. The number of carbonyl (C=O) groups is 1. The molecule has 0 saturated heterocycles. The molecule has 5 rings (SSSR count). The summed E-state index contributed by atoms with van der Waals surface area (Å²) in [6.07, 6.45) is 2.42. The van der Waals surface area contributed by atoms with E-state index in [0.29, 0.717) is 31.1 Å². The van der Waals surface area contributed by atoms with E-state index in [0.717, 1.165) is 34.7 Å². The second-order valence-electron chi connectivity index (χ2n) is 8.43. The maximum atomic E-state index is 13.4. The van der Waals surface area contributed by atoms with Gasteiger partial charge >= 0.3 is 0 Å². The lowest BCUT2D eigenvalue weighted by Crippen LogP contribution is -2.26. The molecule has 1 aliphatic heterocycles. The molecule has 1 amide bonds. The van der Waals surface area contributed by atoms with Gasteiger partial charge in [0.15, 0.2) is 0 Å². The molecular weight excluding hydrogens is 448 g/mol. The van der Waals surface area contributed by atoms with E-state index in [1.807, 2.05) is 37.3 Å². The third-order valence-corrected chi connectivity index (χ3v) is 6.07. The van der Waals surface area contributed by atoms with Crippen molar-refractivity contribution in [2.45, 2.75) is 33.0 Å². The minimum absolute atomic E-state index is 0.0798. The highest BCUT2D eigenvalue weighted by Crippen LogP contribution is 2.36. The number of nitrogens with zero attached hydrogens (tertiary/aromatic N) is 4. The molecule has 1 aliphatic rings. The predicted molar refractivity (Wildman–Crippen MR) is 129 cm³/mol. The first kappa shape index (κ1) is 22.3. The molecule has 0 fully saturated rings. The topological polar surface area (TPSA) is 129 Å². The van der Waals surface area contributed by atoms with E-state index >= 15 is 0 Å². The molecule has 0 unspecified atom stereocenters. The van der Waals surface area contributed by atoms with E-state index in [-0.39, 0.29) is 23.0 Å². The van der Waals surface area contributed by atoms with Gasteiger partial charge in [-0.2, -0.15) is 10.2 Å². The van der Waals surface area contributed by atoms with Crippen LogP contribution in [0.1, 0.15) is 39.8 Å². The number of phenolic OH excluding ortho intramolecular Hbond substituents is 2. The average Bonchev–Trinajstić information content (AvgIpc) is 3.54. The van der Waals surface area contributed by atoms with Gasteiger partial charge in [-0.05, 0) is 24.1 Å². The summed E-state index contributed by atoms with van der Waals surface area (Å²) in [4.78, 5) is 15.0. The number of H-pyrrole nitrogens is 1. The Labute approximate surface area is 201 Å². The van der Waals surface area contributed by atoms with Gasteiger partial charge in [-0.1, -0.05) is 19.1 Å². The number of fused-ring (bicyclic) bond motifs is 1. The second-order valence-corrected chi connectivity index (χ2v) is 8.43. The molecule has 180 valence electrons. The van der Waals surface area contributed by atoms with E-state index in [2.05, 4.69) is 20.6 Å². The number of hydrogen-bond donors (Lipinski definition) is 4. The molecule has 10 heteroatoms. The lowest BCUT2D eigenvalue weighted by atomic mass is 10.1. The quantitative estimate of drug-likeness (QED) is 0.322. The number of aromatic hydroxyl groups is 2. The van der Waals surface area contributed by atoms with Gasteiger partial charge in [-0.3, -0.25) is 9.89 Å². The first-order valence-corrected chi connectivity index (χ1v) is 11.3. The van der Waals surface area contributed by atoms with Crippen molar-refractivity contribution in [2.24, 2.45) is 0 Å². The number of anilines is 2. The summed E-state index contributed by atoms with van der Waals surface area (Å²) in [7, 11) is 1.62. The van der Waals surface area contributed by atoms with Crippen molar-refractivity contribution in [3.8, 4) is 17.2 Å². The van der Waals surface area contributed by atoms with Crippen molar-refractivity contribution < 1.29 is 19.7 Å². The molecule has 0 saturated carbocycles. The number of rotatable bonds is 7. The molecular formula is C25H26N6O4. The lowest BCUT2D eigenvalue weighted by Gasteiger charge is -2.20. The number of aryl methyl sites for hydroxylation is 1. The maximum Gasteiger partial charge on any atom is 0.260 e. The number of hydrogen-bond acceptors (Lipinski definition) is 7. The van der Waals surface area contributed by atoms with Gasteiger partial charge in [-0.25, -0.2) is 4.68 Å². The smallest absolute Gasteiger partial charge is 0.260 e. The fraction of sp³-hybridized carbons (Fsp3) is 0.240. The molecule has 2 aromatic heterocycles. The van der Waals surface area contributed by atoms with Crippen molar-refractivity contribution in [3.05, 3.63) is 76.7 Å². The summed E-state index contributed by atoms with van der Waals surface area (Å²) in [5, 5.41) is 35.6. The first-order valence-electron chi connectivity index (χ1n) is 11.3. The van der Waals surface area contributed by atoms with E-state index in [9.17, 15) is 15.0 Å². The Hall–Kier alpha value is -4.47. The number of aromatic amines is 1. The Morgan fingerprint density at radius 1 is 1.17 bits per heavy atom. The van der Waals surface area contributed by atoms with Crippen LogP contribution in [0, 0.1) is 0 Å². The average molecular weight is 475 g/mol. The maximum absolute atomic E-state index is 13.4. The molecule has 0 atom stereocenters. The SMILES string of the molecule is CCc1cc(Nc2cc(O)cc(O)c2C(=O)N2Cc3cn[nH]c3C2)n(Cc2ccc(OC)cc2)n1. The minimum atomic E-state index is -0.355. The summed E-state index contributed by atoms with van der Waals surface area (Å²) in [5.74, 6) is 0.584. The molecule has 2 aromatic carbocycles. The fourth-order valence-electron chi connectivity index (χ4n) is 4.21. The van der Waals surface area contributed by atoms with Gasteiger partial charge in [0.25, 0.3) is 5.91 Å². The van der Waals surface area contributed by atoms with Gasteiger partial charge < -0.3 is 25.2 Å². The molecule has 35 heavy (non-hydrogen) atoms. The molecule has 0 radical (unpaired) electrons. The number of benzene rings is 2. The largest absolute Gasteiger partial charge is 0.508 e. The van der Waals surface area contributed by atoms with Gasteiger partial charge in [0.2, 0.25) is 0 Å². The zero-order valence-corrected chi connectivity index (χ0v) is 19.4. The molecule has 0 spiro atoms. The summed E-state index contributed by atoms with van der Waals surface area (Å²) >= 11 is 0. The Kier molecular flexibility index (Phi) is 5.77. The predicted octanol–water partition coefficient (Wildman–Crippen LogP) is 3.54. The van der Waals surface area contributed by atoms with Crippen LogP contribution in [0.25, 0.3) is 0 Å². The Bertz CT molecular complexity index is 1350. The summed E-state index contributed by atoms with van der Waals surface area (Å²) < 4.78 is 7.03. The van der Waals surface area contributed by atoms with Crippen LogP contribution in [0.5, 0.6) is 17.2 Å². The summed E-state index contributed by atoms with van der Waals surface area (Å²) in [6, 6.07) is 12.2. The standard InChI is InChI=1S/C25H26N6O4/c1-3-17-8-23(31(29-17)12-15-4-6-19(35-2)7-5-15)27-20-9-18(32)10-22(33)24(20)25(34)30-13-16-11-26-28-21(16)14-30/h4-11,27,32-33H,3,12-14H2,1-2H3,(H,26,28). The number of ether oxygens (including phenoxy) is 1. The van der Waals surface area contributed by atoms with Crippen LogP contribution in [-0.4, -0.2) is 48.1 Å². The van der Waals surface area contributed by atoms with Crippen LogP contribution in [0.4, 0.5) is 11.5 Å². The van der Waals surface area contributed by atoms with Crippen LogP contribution >= 0.6 is 0 Å². The number of nitrogens with one attached hydrogen (secondary N) is 2. The highest BCUT2D eigenvalue weighted by atomic mass is 16.5. The lowest BCUT2D eigenvalue weighted by molar-refractivity contribution is 0.0747. The summed E-state index contributed by atoms with van der Waals surface area (Å²) in [5.41, 5.74) is 4.06. The van der Waals surface area contributed by atoms with Crippen molar-refractivity contribution in [2.75, 3.05) is 12.4 Å². The molecule has 0 bridgehead atoms. The number of phenols is 2. The molecule has 0 aliphatic carbocycles. The summed E-state index contributed by atoms with van der Waals surface area (Å²) in [6.45, 7) is 3.24. The van der Waals surface area contributed by atoms with Crippen LogP contribution in [-0.2, 0) is 26.1 Å². The third kappa shape index (κ3) is 4.37. The highest BCUT2D eigenvalue weighted by Gasteiger charge is 2.30. The van der Waals surface area contributed by atoms with Crippen molar-refractivity contribution in [3.63, 3.8) is 0 Å².